The summed E-state index contributed by atoms with van der Waals surface area (Å²) in [5.74, 6) is -14.8. The third-order valence-electron chi connectivity index (χ3n) is 12.2. The molecule has 29 heteroatoms. The van der Waals surface area contributed by atoms with Gasteiger partial charge in [-0.2, -0.15) is 12.6 Å². The van der Waals surface area contributed by atoms with E-state index in [9.17, 15) is 78.0 Å². The number of aliphatic hydroxyl groups excluding tert-OH is 2. The Morgan fingerprint density at radius 2 is 1.05 bits per heavy atom. The molecule has 0 fully saturated rings. The summed E-state index contributed by atoms with van der Waals surface area (Å²) in [6, 6.07) is -8.49. The summed E-state index contributed by atoms with van der Waals surface area (Å²) in [7, 11) is 0. The van der Waals surface area contributed by atoms with Crippen LogP contribution in [0.3, 0.4) is 0 Å². The highest BCUT2D eigenvalue weighted by Crippen LogP contribution is 2.20. The second-order valence-electron chi connectivity index (χ2n) is 19.0. The number of aromatic amines is 1. The van der Waals surface area contributed by atoms with Crippen LogP contribution in [0.2, 0.25) is 0 Å². The molecule has 428 valence electrons. The molecule has 28 nitrogen and oxygen atoms in total. The average Bonchev–Trinajstić information content (AvgIpc) is 3.78. The Morgan fingerprint density at radius 3 is 1.57 bits per heavy atom. The number of hydrogen-bond acceptors (Lipinski definition) is 16. The summed E-state index contributed by atoms with van der Waals surface area (Å²) in [5, 5.41) is 61.6. The van der Waals surface area contributed by atoms with Crippen molar-refractivity contribution in [3.8, 4) is 0 Å². The van der Waals surface area contributed by atoms with E-state index in [1.165, 1.54) is 13.1 Å². The zero-order valence-electron chi connectivity index (χ0n) is 43.8. The second-order valence-corrected chi connectivity index (χ2v) is 19.4. The molecule has 1 aromatic heterocycles. The summed E-state index contributed by atoms with van der Waals surface area (Å²) < 4.78 is 0. The minimum atomic E-state index is -2.01. The molecule has 10 amide bonds. The molecule has 0 saturated carbocycles. The maximum absolute atomic E-state index is 14.1. The molecule has 2 rings (SSSR count). The van der Waals surface area contributed by atoms with Crippen LogP contribution in [-0.2, 0) is 64.0 Å². The van der Waals surface area contributed by atoms with Crippen LogP contribution < -0.4 is 59.3 Å². The highest BCUT2D eigenvalue weighted by atomic mass is 32.1. The van der Waals surface area contributed by atoms with E-state index in [4.69, 9.17) is 11.5 Å². The number of rotatable bonds is 33. The smallest absolute Gasteiger partial charge is 0.326 e. The molecule has 11 atom stereocenters. The van der Waals surface area contributed by atoms with Gasteiger partial charge in [0.1, 0.15) is 54.4 Å². The number of aromatic nitrogens is 1. The van der Waals surface area contributed by atoms with E-state index in [0.29, 0.717) is 22.9 Å². The number of aliphatic carboxylic acids is 2. The van der Waals surface area contributed by atoms with E-state index >= 15 is 0 Å². The first-order chi connectivity index (χ1) is 36.1. The van der Waals surface area contributed by atoms with Crippen molar-refractivity contribution < 1.29 is 78.0 Å². The summed E-state index contributed by atoms with van der Waals surface area (Å²) in [6.07, 6.45) is -0.221. The molecule has 1 heterocycles. The van der Waals surface area contributed by atoms with Gasteiger partial charge in [0.25, 0.3) is 0 Å². The lowest BCUT2D eigenvalue weighted by molar-refractivity contribution is -0.144. The quantitative estimate of drug-likeness (QED) is 0.0300. The van der Waals surface area contributed by atoms with Gasteiger partial charge in [-0.1, -0.05) is 66.2 Å². The monoisotopic (exact) mass is 1110 g/mol. The number of carbonyl (C=O) groups is 12. The van der Waals surface area contributed by atoms with Gasteiger partial charge in [-0.3, -0.25) is 52.7 Å². The maximum Gasteiger partial charge on any atom is 0.326 e. The van der Waals surface area contributed by atoms with Gasteiger partial charge in [0, 0.05) is 35.7 Å². The number of nitrogens with two attached hydrogens (primary N) is 2. The van der Waals surface area contributed by atoms with Gasteiger partial charge in [-0.05, 0) is 42.7 Å². The van der Waals surface area contributed by atoms with Gasteiger partial charge in [0.05, 0.1) is 25.7 Å². The van der Waals surface area contributed by atoms with E-state index in [0.717, 1.165) is 0 Å². The largest absolute Gasteiger partial charge is 0.481 e. The number of primary amides is 1. The number of aliphatic hydroxyl groups is 2. The maximum atomic E-state index is 14.1. The zero-order chi connectivity index (χ0) is 58.4. The molecule has 0 unspecified atom stereocenters. The molecule has 0 radical (unpaired) electrons. The molecule has 1 aromatic carbocycles. The number of carboxylic acids is 2. The number of para-hydroxylation sites is 1. The molecular formula is C48H74N12O16S. The van der Waals surface area contributed by atoms with Gasteiger partial charge < -0.3 is 84.7 Å². The second kappa shape index (κ2) is 31.6. The van der Waals surface area contributed by atoms with Crippen LogP contribution in [0.25, 0.3) is 10.9 Å². The van der Waals surface area contributed by atoms with E-state index in [1.807, 2.05) is 0 Å². The lowest BCUT2D eigenvalue weighted by atomic mass is 9.95. The highest BCUT2D eigenvalue weighted by Gasteiger charge is 2.37. The van der Waals surface area contributed by atoms with Crippen LogP contribution >= 0.6 is 12.6 Å². The third kappa shape index (κ3) is 20.6. The van der Waals surface area contributed by atoms with Crippen molar-refractivity contribution in [3.05, 3.63) is 36.0 Å². The van der Waals surface area contributed by atoms with Crippen LogP contribution in [-0.4, -0.2) is 176 Å². The number of nitrogens with one attached hydrogen (secondary N) is 10. The molecule has 0 spiro atoms. The topological polar surface area (TPSA) is 462 Å². The predicted molar refractivity (Wildman–Crippen MR) is 279 cm³/mol. The Kier molecular flexibility index (Phi) is 27.0. The Bertz CT molecular complexity index is 2440. The summed E-state index contributed by atoms with van der Waals surface area (Å²) in [4.78, 5) is 160. The minimum absolute atomic E-state index is 0.0955. The van der Waals surface area contributed by atoms with Crippen molar-refractivity contribution in [2.45, 2.75) is 141 Å². The third-order valence-corrected chi connectivity index (χ3v) is 12.6. The molecule has 2 aromatic rings. The van der Waals surface area contributed by atoms with Crippen LogP contribution in [0.15, 0.2) is 30.5 Å². The number of amides is 10. The first-order valence-corrected chi connectivity index (χ1v) is 25.3. The normalized spacial score (nSPS) is 15.5. The van der Waals surface area contributed by atoms with Gasteiger partial charge in [-0.25, -0.2) is 4.79 Å². The Hall–Kier alpha value is -7.37. The molecule has 0 aliphatic carbocycles. The van der Waals surface area contributed by atoms with Crippen LogP contribution in [0.5, 0.6) is 0 Å². The number of H-pyrrole nitrogens is 1. The number of thiol groups is 1. The van der Waals surface area contributed by atoms with E-state index in [1.54, 1.807) is 65.8 Å². The van der Waals surface area contributed by atoms with Crippen molar-refractivity contribution in [2.24, 2.45) is 29.2 Å². The van der Waals surface area contributed by atoms with Gasteiger partial charge in [-0.15, -0.1) is 0 Å². The van der Waals surface area contributed by atoms with Crippen molar-refractivity contribution in [1.82, 2.24) is 52.8 Å². The molecule has 0 saturated heterocycles. The van der Waals surface area contributed by atoms with Crippen LogP contribution in [0.4, 0.5) is 0 Å². The fraction of sp³-hybridized carbons (Fsp3) is 0.583. The molecular weight excluding hydrogens is 1030 g/mol. The standard InChI is InChI=1S/C48H74N12O16S/c1-8-23(6)38(47(74)58-36(21(2)3)46(73)59-37(22(4)5)48(75)76)60-45(72)33(19-62)57-44(71)32(18-61)56-43(70)31(16-35(64)65)55-42(69)30(15-25-17-51-28-12-10-9-11-26(25)28)54-39(66)24(7)52-41(68)29(13-14-34(50)63)53-40(67)27(49)20-77/h9-12,17,21-24,27,29-33,36-38,51,61-62,77H,8,13-16,18-20,49H2,1-7H3,(H2,50,63)(H,52,68)(H,53,67)(H,54,66)(H,55,69)(H,56,70)(H,57,71)(H,58,74)(H,59,73)(H,60,72)(H,64,65)(H,75,76)/t23-,24-,27-,29-,30-,31-,32-,33-,36-,37-,38-/m0/s1. The molecule has 0 aliphatic heterocycles. The molecule has 0 bridgehead atoms. The van der Waals surface area contributed by atoms with Crippen molar-refractivity contribution in [1.29, 1.82) is 0 Å². The Labute approximate surface area is 449 Å². The fourth-order valence-electron chi connectivity index (χ4n) is 7.40. The van der Waals surface area contributed by atoms with E-state index in [2.05, 4.69) is 65.5 Å². The minimum Gasteiger partial charge on any atom is -0.481 e. The molecule has 77 heavy (non-hydrogen) atoms. The van der Waals surface area contributed by atoms with Crippen LogP contribution in [0, 0.1) is 17.8 Å². The summed E-state index contributed by atoms with van der Waals surface area (Å²) in [6.45, 7) is 8.58. The number of carbonyl (C=O) groups excluding carboxylic acids is 10. The SMILES string of the molecule is CC[C@H](C)[C@H](NC(=O)[C@H](CO)NC(=O)[C@H](CO)NC(=O)[C@H](CC(=O)O)NC(=O)[C@H](Cc1c[nH]c2ccccc12)NC(=O)[C@H](C)NC(=O)[C@H](CCC(N)=O)NC(=O)[C@@H](N)CS)C(=O)N[C@H](C(=O)N[C@H](C(=O)O)C(C)C)C(C)C. The van der Waals surface area contributed by atoms with E-state index < -0.39 is 169 Å². The zero-order valence-corrected chi connectivity index (χ0v) is 44.7. The number of hydrogen-bond donors (Lipinski definition) is 17. The first-order valence-electron chi connectivity index (χ1n) is 24.7. The van der Waals surface area contributed by atoms with Gasteiger partial charge >= 0.3 is 11.9 Å². The number of carboxylic acid groups (broad SMARTS) is 2. The first kappa shape index (κ1) is 65.7. The van der Waals surface area contributed by atoms with Crippen molar-refractivity contribution in [3.63, 3.8) is 0 Å². The van der Waals surface area contributed by atoms with E-state index in [-0.39, 0.29) is 25.0 Å². The average molecular weight is 1110 g/mol. The highest BCUT2D eigenvalue weighted by molar-refractivity contribution is 7.80. The summed E-state index contributed by atoms with van der Waals surface area (Å²) in [5.41, 5.74) is 12.1. The van der Waals surface area contributed by atoms with Crippen molar-refractivity contribution in [2.75, 3.05) is 19.0 Å². The predicted octanol–water partition coefficient (Wildman–Crippen LogP) is -4.48. The lowest BCUT2D eigenvalue weighted by Crippen LogP contribution is -2.62. The van der Waals surface area contributed by atoms with Gasteiger partial charge in [0.2, 0.25) is 59.1 Å². The molecule has 0 aliphatic rings. The Balaban J connectivity index is 2.36. The number of fused-ring (bicyclic) bond motifs is 1. The summed E-state index contributed by atoms with van der Waals surface area (Å²) >= 11 is 3.96. The lowest BCUT2D eigenvalue weighted by Gasteiger charge is -2.30. The van der Waals surface area contributed by atoms with Crippen molar-refractivity contribution >= 4 is 94.5 Å². The fourth-order valence-corrected chi connectivity index (χ4v) is 7.57. The molecule has 18 N–H and O–H groups in total. The Morgan fingerprint density at radius 1 is 0.584 bits per heavy atom. The number of benzene rings is 1. The van der Waals surface area contributed by atoms with Crippen LogP contribution in [0.1, 0.15) is 79.7 Å². The van der Waals surface area contributed by atoms with Gasteiger partial charge in [0.15, 0.2) is 0 Å².